The fourth-order valence-corrected chi connectivity index (χ4v) is 4.13. The number of hydrogen-bond acceptors (Lipinski definition) is 6. The maximum Gasteiger partial charge on any atom is 0.248 e. The number of hydrogen-bond donors (Lipinski definition) is 1. The highest BCUT2D eigenvalue weighted by atomic mass is 19.3. The zero-order valence-electron chi connectivity index (χ0n) is 13.6. The Morgan fingerprint density at radius 3 is 2.58 bits per heavy atom. The molecule has 24 heavy (non-hydrogen) atoms. The van der Waals surface area contributed by atoms with Crippen LogP contribution in [-0.2, 0) is 4.74 Å². The third kappa shape index (κ3) is 3.03. The minimum atomic E-state index is -2.54. The first-order valence-electron chi connectivity index (χ1n) is 8.75. The van der Waals surface area contributed by atoms with E-state index in [4.69, 9.17) is 10.5 Å². The summed E-state index contributed by atoms with van der Waals surface area (Å²) in [6, 6.07) is -0.114. The van der Waals surface area contributed by atoms with Crippen LogP contribution in [0, 0.1) is 5.92 Å². The van der Waals surface area contributed by atoms with Crippen LogP contribution in [0.2, 0.25) is 0 Å². The van der Waals surface area contributed by atoms with E-state index in [9.17, 15) is 8.78 Å². The van der Waals surface area contributed by atoms with Crippen molar-refractivity contribution in [3.8, 4) is 0 Å². The second-order valence-corrected chi connectivity index (χ2v) is 7.19. The molecule has 0 bridgehead atoms. The number of anilines is 2. The van der Waals surface area contributed by atoms with Crippen molar-refractivity contribution in [2.45, 2.75) is 56.4 Å². The van der Waals surface area contributed by atoms with Crippen molar-refractivity contribution in [2.24, 2.45) is 5.92 Å². The van der Waals surface area contributed by atoms with Crippen molar-refractivity contribution >= 4 is 11.9 Å². The zero-order valence-corrected chi connectivity index (χ0v) is 13.6. The van der Waals surface area contributed by atoms with Gasteiger partial charge in [-0.2, -0.15) is 15.0 Å². The quantitative estimate of drug-likeness (QED) is 0.911. The molecule has 2 saturated carbocycles. The van der Waals surface area contributed by atoms with Crippen molar-refractivity contribution < 1.29 is 13.5 Å². The average molecular weight is 339 g/mol. The Bertz CT molecular complexity index is 600. The molecule has 2 N–H and O–H groups in total. The number of morpholine rings is 1. The van der Waals surface area contributed by atoms with Crippen LogP contribution in [0.1, 0.15) is 50.3 Å². The molecular formula is C16H23F2N5O. The highest BCUT2D eigenvalue weighted by molar-refractivity contribution is 5.38. The molecule has 0 radical (unpaired) electrons. The lowest BCUT2D eigenvalue weighted by molar-refractivity contribution is -0.125. The smallest absolute Gasteiger partial charge is 0.248 e. The third-order valence-corrected chi connectivity index (χ3v) is 5.47. The Morgan fingerprint density at radius 1 is 1.12 bits per heavy atom. The van der Waals surface area contributed by atoms with E-state index >= 15 is 0 Å². The van der Waals surface area contributed by atoms with E-state index in [-0.39, 0.29) is 30.7 Å². The number of nitrogens with two attached hydrogens (primary N) is 1. The molecule has 132 valence electrons. The van der Waals surface area contributed by atoms with Crippen molar-refractivity contribution in [1.82, 2.24) is 15.0 Å². The highest BCUT2D eigenvalue weighted by Gasteiger charge is 2.50. The monoisotopic (exact) mass is 339 g/mol. The first kappa shape index (κ1) is 15.9. The summed E-state index contributed by atoms with van der Waals surface area (Å²) in [7, 11) is 0. The van der Waals surface area contributed by atoms with Gasteiger partial charge in [0.05, 0.1) is 19.3 Å². The number of alkyl halides is 2. The molecule has 1 saturated heterocycles. The van der Waals surface area contributed by atoms with E-state index in [1.165, 1.54) is 12.8 Å². The van der Waals surface area contributed by atoms with Crippen LogP contribution in [0.3, 0.4) is 0 Å². The summed E-state index contributed by atoms with van der Waals surface area (Å²) in [6.45, 7) is 1.58. The summed E-state index contributed by atoms with van der Waals surface area (Å²) in [5, 5.41) is 0. The van der Waals surface area contributed by atoms with Crippen LogP contribution < -0.4 is 10.6 Å². The zero-order chi connectivity index (χ0) is 16.7. The topological polar surface area (TPSA) is 77.2 Å². The lowest BCUT2D eigenvalue weighted by Gasteiger charge is -2.46. The predicted molar refractivity (Wildman–Crippen MR) is 85.1 cm³/mol. The lowest BCUT2D eigenvalue weighted by Crippen LogP contribution is -2.56. The molecule has 3 fully saturated rings. The maximum absolute atomic E-state index is 13.3. The summed E-state index contributed by atoms with van der Waals surface area (Å²) in [5.41, 5.74) is 5.90. The van der Waals surface area contributed by atoms with Gasteiger partial charge < -0.3 is 15.4 Å². The fourth-order valence-electron chi connectivity index (χ4n) is 4.13. The second kappa shape index (κ2) is 6.06. The van der Waals surface area contributed by atoms with Crippen LogP contribution in [-0.4, -0.2) is 46.7 Å². The molecule has 4 rings (SSSR count). The van der Waals surface area contributed by atoms with E-state index in [1.54, 1.807) is 0 Å². The molecule has 6 nitrogen and oxygen atoms in total. The molecular weight excluding hydrogens is 316 g/mol. The Hall–Kier alpha value is -1.57. The molecule has 0 spiro atoms. The Balaban J connectivity index is 1.58. The van der Waals surface area contributed by atoms with Gasteiger partial charge in [-0.1, -0.05) is 12.8 Å². The summed E-state index contributed by atoms with van der Waals surface area (Å²) < 4.78 is 32.1. The van der Waals surface area contributed by atoms with Crippen molar-refractivity contribution in [3.63, 3.8) is 0 Å². The predicted octanol–water partition coefficient (Wildman–Crippen LogP) is 2.36. The van der Waals surface area contributed by atoms with E-state index in [1.807, 2.05) is 4.90 Å². The first-order chi connectivity index (χ1) is 11.5. The Kier molecular flexibility index (Phi) is 4.02. The molecule has 2 heterocycles. The molecule has 0 aromatic carbocycles. The molecule has 2 aliphatic carbocycles. The SMILES string of the molecule is Nc1nc(C2CCCC2)nc(N2CCOCC2C2CC(F)(F)C2)n1. The second-order valence-electron chi connectivity index (χ2n) is 7.19. The number of nitrogens with zero attached hydrogens (tertiary/aromatic N) is 4. The molecule has 3 aliphatic rings. The lowest BCUT2D eigenvalue weighted by atomic mass is 9.76. The van der Waals surface area contributed by atoms with Gasteiger partial charge in [0.2, 0.25) is 17.8 Å². The normalized spacial score (nSPS) is 28.1. The van der Waals surface area contributed by atoms with Gasteiger partial charge in [0.1, 0.15) is 5.82 Å². The van der Waals surface area contributed by atoms with Gasteiger partial charge in [-0.25, -0.2) is 8.78 Å². The highest BCUT2D eigenvalue weighted by Crippen LogP contribution is 2.46. The first-order valence-corrected chi connectivity index (χ1v) is 8.75. The molecule has 1 aromatic heterocycles. The van der Waals surface area contributed by atoms with Crippen LogP contribution in [0.15, 0.2) is 0 Å². The average Bonchev–Trinajstić information content (AvgIpc) is 3.06. The van der Waals surface area contributed by atoms with Crippen molar-refractivity contribution in [2.75, 3.05) is 30.4 Å². The van der Waals surface area contributed by atoms with Gasteiger partial charge in [0, 0.05) is 25.3 Å². The molecule has 0 amide bonds. The van der Waals surface area contributed by atoms with E-state index < -0.39 is 5.92 Å². The van der Waals surface area contributed by atoms with Crippen molar-refractivity contribution in [3.05, 3.63) is 5.82 Å². The maximum atomic E-state index is 13.3. The largest absolute Gasteiger partial charge is 0.377 e. The minimum Gasteiger partial charge on any atom is -0.377 e. The van der Waals surface area contributed by atoms with Gasteiger partial charge in [0.15, 0.2) is 0 Å². The Morgan fingerprint density at radius 2 is 1.88 bits per heavy atom. The van der Waals surface area contributed by atoms with Crippen molar-refractivity contribution in [1.29, 1.82) is 0 Å². The van der Waals surface area contributed by atoms with Crippen LogP contribution in [0.4, 0.5) is 20.7 Å². The number of ether oxygens (including phenoxy) is 1. The number of rotatable bonds is 3. The van der Waals surface area contributed by atoms with E-state index in [2.05, 4.69) is 15.0 Å². The number of aromatic nitrogens is 3. The minimum absolute atomic E-state index is 0.0896. The van der Waals surface area contributed by atoms with Crippen LogP contribution in [0.5, 0.6) is 0 Å². The molecule has 8 heteroatoms. The summed E-state index contributed by atoms with van der Waals surface area (Å²) in [5.74, 6) is -0.811. The molecule has 1 atom stereocenters. The van der Waals surface area contributed by atoms with Gasteiger partial charge >= 0.3 is 0 Å². The molecule has 1 aromatic rings. The number of nitrogen functional groups attached to an aromatic ring is 1. The van der Waals surface area contributed by atoms with Gasteiger partial charge in [-0.3, -0.25) is 0 Å². The summed E-state index contributed by atoms with van der Waals surface area (Å²) in [6.07, 6.45) is 4.33. The molecule has 1 aliphatic heterocycles. The van der Waals surface area contributed by atoms with Crippen LogP contribution >= 0.6 is 0 Å². The third-order valence-electron chi connectivity index (χ3n) is 5.47. The summed E-state index contributed by atoms with van der Waals surface area (Å²) >= 11 is 0. The van der Waals surface area contributed by atoms with Gasteiger partial charge in [0.25, 0.3) is 0 Å². The van der Waals surface area contributed by atoms with E-state index in [0.717, 1.165) is 18.7 Å². The van der Waals surface area contributed by atoms with Crippen LogP contribution in [0.25, 0.3) is 0 Å². The fraction of sp³-hybridized carbons (Fsp3) is 0.812. The Labute approximate surface area is 139 Å². The standard InChI is InChI=1S/C16H23F2N5O/c17-16(18)7-11(8-16)12-9-24-6-5-23(12)15-21-13(20-14(19)22-15)10-3-1-2-4-10/h10-12H,1-9H2,(H2,19,20,21,22). The molecule has 1 unspecified atom stereocenters. The number of halogens is 2. The van der Waals surface area contributed by atoms with E-state index in [0.29, 0.717) is 31.6 Å². The van der Waals surface area contributed by atoms with Gasteiger partial charge in [-0.15, -0.1) is 0 Å². The summed E-state index contributed by atoms with van der Waals surface area (Å²) in [4.78, 5) is 15.3. The van der Waals surface area contributed by atoms with Gasteiger partial charge in [-0.05, 0) is 18.8 Å².